The first-order chi connectivity index (χ1) is 11.0. The summed E-state index contributed by atoms with van der Waals surface area (Å²) in [5.74, 6) is -0.740. The van der Waals surface area contributed by atoms with E-state index in [0.717, 1.165) is 18.4 Å². The topological polar surface area (TPSA) is 93.5 Å². The van der Waals surface area contributed by atoms with Crippen molar-refractivity contribution in [3.63, 3.8) is 0 Å². The van der Waals surface area contributed by atoms with Crippen LogP contribution in [0.15, 0.2) is 24.4 Å². The minimum Gasteiger partial charge on any atom is -0.496 e. The molecule has 0 unspecified atom stereocenters. The first-order valence-corrected chi connectivity index (χ1v) is 7.26. The van der Waals surface area contributed by atoms with Gasteiger partial charge < -0.3 is 15.2 Å². The van der Waals surface area contributed by atoms with Gasteiger partial charge in [-0.2, -0.15) is 5.10 Å². The van der Waals surface area contributed by atoms with Crippen LogP contribution in [-0.4, -0.2) is 33.9 Å². The fourth-order valence-corrected chi connectivity index (χ4v) is 2.56. The second kappa shape index (κ2) is 5.75. The smallest absolute Gasteiger partial charge is 0.339 e. The van der Waals surface area contributed by atoms with E-state index in [0.29, 0.717) is 17.3 Å². The number of nitrogens with one attached hydrogen (secondary N) is 1. The Hall–Kier alpha value is -2.83. The number of aromatic carboxylic acids is 1. The predicted molar refractivity (Wildman–Crippen MR) is 83.1 cm³/mol. The van der Waals surface area contributed by atoms with E-state index in [4.69, 9.17) is 9.84 Å². The van der Waals surface area contributed by atoms with Crippen LogP contribution in [0.1, 0.15) is 45.2 Å². The van der Waals surface area contributed by atoms with Crippen molar-refractivity contribution in [3.05, 3.63) is 41.2 Å². The number of ether oxygens (including phenoxy) is 1. The summed E-state index contributed by atoms with van der Waals surface area (Å²) >= 11 is 0. The van der Waals surface area contributed by atoms with Gasteiger partial charge in [-0.1, -0.05) is 0 Å². The number of carboxylic acid groups (broad SMARTS) is 1. The lowest BCUT2D eigenvalue weighted by atomic mass is 10.1. The molecule has 1 heterocycles. The summed E-state index contributed by atoms with van der Waals surface area (Å²) in [5, 5.41) is 16.0. The van der Waals surface area contributed by atoms with Crippen molar-refractivity contribution in [3.8, 4) is 5.75 Å². The molecule has 1 saturated carbocycles. The molecular formula is C16H17N3O4. The Morgan fingerprint density at radius 3 is 2.74 bits per heavy atom. The van der Waals surface area contributed by atoms with Gasteiger partial charge in [-0.25, -0.2) is 4.79 Å². The molecule has 120 valence electrons. The molecule has 7 heteroatoms. The van der Waals surface area contributed by atoms with Gasteiger partial charge in [0.2, 0.25) is 0 Å². The number of carbonyl (C=O) groups excluding carboxylic acids is 1. The second-order valence-electron chi connectivity index (χ2n) is 5.52. The number of aryl methyl sites for hydroxylation is 1. The Balaban J connectivity index is 1.86. The van der Waals surface area contributed by atoms with E-state index >= 15 is 0 Å². The summed E-state index contributed by atoms with van der Waals surface area (Å²) in [6.45, 7) is 0. The molecule has 1 aliphatic carbocycles. The molecule has 1 aromatic carbocycles. The molecule has 0 bridgehead atoms. The number of hydrogen-bond donors (Lipinski definition) is 2. The van der Waals surface area contributed by atoms with Gasteiger partial charge in [-0.3, -0.25) is 9.48 Å². The fourth-order valence-electron chi connectivity index (χ4n) is 2.56. The van der Waals surface area contributed by atoms with Crippen LogP contribution in [0.25, 0.3) is 0 Å². The zero-order chi connectivity index (χ0) is 16.6. The Kier molecular flexibility index (Phi) is 3.77. The summed E-state index contributed by atoms with van der Waals surface area (Å²) in [6.07, 6.45) is 3.89. The number of methoxy groups -OCH3 is 1. The number of hydrogen-bond acceptors (Lipinski definition) is 4. The molecule has 0 spiro atoms. The Labute approximate surface area is 132 Å². The largest absolute Gasteiger partial charge is 0.496 e. The highest BCUT2D eigenvalue weighted by Gasteiger charge is 2.30. The van der Waals surface area contributed by atoms with E-state index in [-0.39, 0.29) is 17.2 Å². The van der Waals surface area contributed by atoms with Crippen LogP contribution in [0.4, 0.5) is 5.69 Å². The lowest BCUT2D eigenvalue weighted by Gasteiger charge is -2.10. The number of carboxylic acids is 1. The minimum absolute atomic E-state index is 0.0460. The first kappa shape index (κ1) is 15.1. The molecule has 0 aliphatic heterocycles. The van der Waals surface area contributed by atoms with Gasteiger partial charge in [0.1, 0.15) is 17.0 Å². The van der Waals surface area contributed by atoms with Crippen molar-refractivity contribution in [2.45, 2.75) is 18.8 Å². The zero-order valence-electron chi connectivity index (χ0n) is 12.9. The van der Waals surface area contributed by atoms with Gasteiger partial charge in [0, 0.05) is 24.4 Å². The molecule has 2 aromatic rings. The standard InChI is InChI=1S/C16H17N3O4/c1-19-14(12(8-17-19)9-3-4-9)15(20)18-10-5-6-11(16(21)22)13(7-10)23-2/h5-9H,3-4H2,1-2H3,(H,18,20)(H,21,22). The van der Waals surface area contributed by atoms with Crippen LogP contribution in [0.5, 0.6) is 5.75 Å². The van der Waals surface area contributed by atoms with E-state index in [2.05, 4.69) is 10.4 Å². The maximum absolute atomic E-state index is 12.5. The average molecular weight is 315 g/mol. The number of carbonyl (C=O) groups is 2. The minimum atomic E-state index is -1.08. The van der Waals surface area contributed by atoms with E-state index < -0.39 is 5.97 Å². The van der Waals surface area contributed by atoms with Crippen molar-refractivity contribution < 1.29 is 19.4 Å². The third-order valence-corrected chi connectivity index (χ3v) is 3.89. The van der Waals surface area contributed by atoms with E-state index in [1.807, 2.05) is 0 Å². The number of nitrogens with zero attached hydrogens (tertiary/aromatic N) is 2. The lowest BCUT2D eigenvalue weighted by molar-refractivity contribution is 0.0693. The van der Waals surface area contributed by atoms with Crippen molar-refractivity contribution in [2.75, 3.05) is 12.4 Å². The van der Waals surface area contributed by atoms with Gasteiger partial charge in [-0.15, -0.1) is 0 Å². The van der Waals surface area contributed by atoms with E-state index in [1.54, 1.807) is 17.9 Å². The quantitative estimate of drug-likeness (QED) is 0.882. The van der Waals surface area contributed by atoms with Crippen molar-refractivity contribution in [1.29, 1.82) is 0 Å². The maximum Gasteiger partial charge on any atom is 0.339 e. The van der Waals surface area contributed by atoms with E-state index in [1.165, 1.54) is 25.3 Å². The Morgan fingerprint density at radius 1 is 1.39 bits per heavy atom. The third kappa shape index (κ3) is 2.90. The summed E-state index contributed by atoms with van der Waals surface area (Å²) in [4.78, 5) is 23.6. The monoisotopic (exact) mass is 315 g/mol. The number of anilines is 1. The highest BCUT2D eigenvalue weighted by molar-refractivity contribution is 6.04. The predicted octanol–water partition coefficient (Wildman–Crippen LogP) is 2.26. The summed E-state index contributed by atoms with van der Waals surface area (Å²) in [5.41, 5.74) is 2.01. The molecule has 7 nitrogen and oxygen atoms in total. The zero-order valence-corrected chi connectivity index (χ0v) is 12.9. The molecule has 1 aliphatic rings. The van der Waals surface area contributed by atoms with Crippen molar-refractivity contribution in [2.24, 2.45) is 7.05 Å². The highest BCUT2D eigenvalue weighted by Crippen LogP contribution is 2.41. The van der Waals surface area contributed by atoms with Gasteiger partial charge in [0.25, 0.3) is 5.91 Å². The number of amides is 1. The average Bonchev–Trinajstić information content (AvgIpc) is 3.29. The molecule has 3 rings (SSSR count). The van der Waals surface area contributed by atoms with E-state index in [9.17, 15) is 9.59 Å². The summed E-state index contributed by atoms with van der Waals surface area (Å²) in [7, 11) is 3.12. The van der Waals surface area contributed by atoms with Gasteiger partial charge in [-0.05, 0) is 30.9 Å². The molecule has 1 amide bonds. The Morgan fingerprint density at radius 2 is 2.13 bits per heavy atom. The van der Waals surface area contributed by atoms with Crippen LogP contribution in [0.3, 0.4) is 0 Å². The molecule has 0 atom stereocenters. The maximum atomic E-state index is 12.5. The van der Waals surface area contributed by atoms with Crippen LogP contribution in [-0.2, 0) is 7.05 Å². The first-order valence-electron chi connectivity index (χ1n) is 7.26. The highest BCUT2D eigenvalue weighted by atomic mass is 16.5. The van der Waals surface area contributed by atoms with Crippen molar-refractivity contribution >= 4 is 17.6 Å². The van der Waals surface area contributed by atoms with Crippen LogP contribution in [0, 0.1) is 0 Å². The fraction of sp³-hybridized carbons (Fsp3) is 0.312. The number of aromatic nitrogens is 2. The molecule has 0 saturated heterocycles. The number of rotatable bonds is 5. The third-order valence-electron chi connectivity index (χ3n) is 3.89. The molecule has 2 N–H and O–H groups in total. The van der Waals surface area contributed by atoms with Crippen LogP contribution >= 0.6 is 0 Å². The molecule has 1 aromatic heterocycles. The lowest BCUT2D eigenvalue weighted by Crippen LogP contribution is -2.18. The van der Waals surface area contributed by atoms with Gasteiger partial charge >= 0.3 is 5.97 Å². The molecule has 23 heavy (non-hydrogen) atoms. The summed E-state index contributed by atoms with van der Waals surface area (Å²) in [6, 6.07) is 4.44. The van der Waals surface area contributed by atoms with Crippen LogP contribution in [0.2, 0.25) is 0 Å². The van der Waals surface area contributed by atoms with Gasteiger partial charge in [0.15, 0.2) is 0 Å². The van der Waals surface area contributed by atoms with Crippen molar-refractivity contribution in [1.82, 2.24) is 9.78 Å². The molecular weight excluding hydrogens is 298 g/mol. The van der Waals surface area contributed by atoms with Crippen LogP contribution < -0.4 is 10.1 Å². The normalized spacial score (nSPS) is 13.7. The SMILES string of the molecule is COc1cc(NC(=O)c2c(C3CC3)cnn2C)ccc1C(=O)O. The Bertz CT molecular complexity index is 778. The van der Waals surface area contributed by atoms with Gasteiger partial charge in [0.05, 0.1) is 13.3 Å². The number of benzene rings is 1. The molecule has 1 fully saturated rings. The summed E-state index contributed by atoms with van der Waals surface area (Å²) < 4.78 is 6.63. The second-order valence-corrected chi connectivity index (χ2v) is 5.52. The molecule has 0 radical (unpaired) electrons.